The molecule has 1 heterocycles. The molecule has 1 aromatic heterocycles. The first kappa shape index (κ1) is 12.1. The van der Waals surface area contributed by atoms with Gasteiger partial charge in [0.25, 0.3) is 0 Å². The molecule has 0 spiro atoms. The van der Waals surface area contributed by atoms with Gasteiger partial charge in [0.2, 0.25) is 5.88 Å². The van der Waals surface area contributed by atoms with Crippen molar-refractivity contribution in [2.75, 3.05) is 0 Å². The Balaban J connectivity index is 2.17. The van der Waals surface area contributed by atoms with Crippen LogP contribution in [0.25, 0.3) is 0 Å². The molecule has 2 rings (SSSR count). The summed E-state index contributed by atoms with van der Waals surface area (Å²) in [6.45, 7) is 2.08. The number of nitrogens with zero attached hydrogens (tertiary/aromatic N) is 1. The van der Waals surface area contributed by atoms with Gasteiger partial charge in [-0.25, -0.2) is 9.78 Å². The lowest BCUT2D eigenvalue weighted by Crippen LogP contribution is -2.00. The fourth-order valence-electron chi connectivity index (χ4n) is 1.50. The summed E-state index contributed by atoms with van der Waals surface area (Å²) in [6.07, 6.45) is 0.965. The van der Waals surface area contributed by atoms with E-state index in [1.54, 1.807) is 12.1 Å². The van der Waals surface area contributed by atoms with Crippen LogP contribution in [0.3, 0.4) is 0 Å². The van der Waals surface area contributed by atoms with Crippen LogP contribution < -0.4 is 4.74 Å². The largest absolute Gasteiger partial charge is 0.477 e. The van der Waals surface area contributed by atoms with Gasteiger partial charge in [-0.3, -0.25) is 0 Å². The van der Waals surface area contributed by atoms with Crippen molar-refractivity contribution in [3.8, 4) is 11.6 Å². The zero-order chi connectivity index (χ0) is 13.0. The molecule has 0 saturated heterocycles. The number of aryl methyl sites for hydroxylation is 1. The molecule has 4 heteroatoms. The third-order valence-electron chi connectivity index (χ3n) is 2.50. The van der Waals surface area contributed by atoms with Crippen LogP contribution in [0.1, 0.15) is 23.0 Å². The van der Waals surface area contributed by atoms with E-state index in [1.807, 2.05) is 24.3 Å². The van der Waals surface area contributed by atoms with Crippen molar-refractivity contribution in [2.24, 2.45) is 0 Å². The van der Waals surface area contributed by atoms with E-state index in [-0.39, 0.29) is 11.6 Å². The van der Waals surface area contributed by atoms with Crippen LogP contribution in [0.15, 0.2) is 42.5 Å². The Morgan fingerprint density at radius 1 is 1.22 bits per heavy atom. The Labute approximate surface area is 105 Å². The van der Waals surface area contributed by atoms with E-state index in [9.17, 15) is 4.79 Å². The van der Waals surface area contributed by atoms with E-state index >= 15 is 0 Å². The maximum Gasteiger partial charge on any atom is 0.354 e. The minimum atomic E-state index is -1.07. The molecule has 0 aliphatic rings. The SMILES string of the molecule is CCc1ccc(Oc2cccc(C(=O)O)n2)cc1. The molecular formula is C14H13NO3. The van der Waals surface area contributed by atoms with Gasteiger partial charge in [-0.05, 0) is 30.2 Å². The van der Waals surface area contributed by atoms with Crippen molar-refractivity contribution >= 4 is 5.97 Å². The van der Waals surface area contributed by atoms with Crippen LogP contribution in [0.5, 0.6) is 11.6 Å². The van der Waals surface area contributed by atoms with Crippen LogP contribution in [0.4, 0.5) is 0 Å². The number of benzene rings is 1. The predicted molar refractivity (Wildman–Crippen MR) is 67.1 cm³/mol. The Hall–Kier alpha value is -2.36. The molecule has 1 aromatic carbocycles. The third-order valence-corrected chi connectivity index (χ3v) is 2.50. The molecule has 2 aromatic rings. The smallest absolute Gasteiger partial charge is 0.354 e. The topological polar surface area (TPSA) is 59.4 Å². The number of rotatable bonds is 4. The van der Waals surface area contributed by atoms with E-state index in [4.69, 9.17) is 9.84 Å². The van der Waals surface area contributed by atoms with Gasteiger partial charge < -0.3 is 9.84 Å². The second-order valence-corrected chi connectivity index (χ2v) is 3.77. The molecule has 0 aliphatic heterocycles. The van der Waals surface area contributed by atoms with Gasteiger partial charge >= 0.3 is 5.97 Å². The first-order valence-electron chi connectivity index (χ1n) is 5.66. The predicted octanol–water partition coefficient (Wildman–Crippen LogP) is 3.13. The minimum Gasteiger partial charge on any atom is -0.477 e. The van der Waals surface area contributed by atoms with Gasteiger partial charge in [-0.15, -0.1) is 0 Å². The second kappa shape index (κ2) is 5.31. The number of hydrogen-bond acceptors (Lipinski definition) is 3. The number of ether oxygens (including phenoxy) is 1. The molecule has 0 unspecified atom stereocenters. The van der Waals surface area contributed by atoms with Gasteiger partial charge in [-0.1, -0.05) is 25.1 Å². The summed E-state index contributed by atoms with van der Waals surface area (Å²) in [6, 6.07) is 12.3. The molecule has 0 atom stereocenters. The highest BCUT2D eigenvalue weighted by molar-refractivity contribution is 5.85. The van der Waals surface area contributed by atoms with Crippen molar-refractivity contribution in [1.82, 2.24) is 4.98 Å². The quantitative estimate of drug-likeness (QED) is 0.896. The highest BCUT2D eigenvalue weighted by Gasteiger charge is 2.06. The summed E-state index contributed by atoms with van der Waals surface area (Å²) in [5.41, 5.74) is 1.19. The maximum absolute atomic E-state index is 10.8. The third kappa shape index (κ3) is 2.85. The second-order valence-electron chi connectivity index (χ2n) is 3.77. The summed E-state index contributed by atoms with van der Waals surface area (Å²) in [7, 11) is 0. The number of carboxylic acid groups (broad SMARTS) is 1. The summed E-state index contributed by atoms with van der Waals surface area (Å²) in [5, 5.41) is 8.83. The summed E-state index contributed by atoms with van der Waals surface area (Å²) < 4.78 is 5.49. The van der Waals surface area contributed by atoms with Crippen LogP contribution in [0.2, 0.25) is 0 Å². The molecule has 0 fully saturated rings. The standard InChI is InChI=1S/C14H13NO3/c1-2-10-6-8-11(9-7-10)18-13-5-3-4-12(15-13)14(16)17/h3-9H,2H2,1H3,(H,16,17). The van der Waals surface area contributed by atoms with Crippen LogP contribution in [-0.4, -0.2) is 16.1 Å². The maximum atomic E-state index is 10.8. The van der Waals surface area contributed by atoms with Gasteiger partial charge in [0.05, 0.1) is 0 Å². The fourth-order valence-corrected chi connectivity index (χ4v) is 1.50. The highest BCUT2D eigenvalue weighted by atomic mass is 16.5. The summed E-state index contributed by atoms with van der Waals surface area (Å²) in [4.78, 5) is 14.7. The number of carbonyl (C=O) groups is 1. The van der Waals surface area contributed by atoms with Crippen LogP contribution >= 0.6 is 0 Å². The van der Waals surface area contributed by atoms with E-state index in [0.717, 1.165) is 6.42 Å². The average molecular weight is 243 g/mol. The molecule has 92 valence electrons. The van der Waals surface area contributed by atoms with E-state index in [2.05, 4.69) is 11.9 Å². The first-order valence-corrected chi connectivity index (χ1v) is 5.66. The van der Waals surface area contributed by atoms with Crippen molar-refractivity contribution in [1.29, 1.82) is 0 Å². The van der Waals surface area contributed by atoms with Crippen molar-refractivity contribution in [3.05, 3.63) is 53.7 Å². The molecule has 0 amide bonds. The monoisotopic (exact) mass is 243 g/mol. The Morgan fingerprint density at radius 3 is 2.56 bits per heavy atom. The van der Waals surface area contributed by atoms with E-state index < -0.39 is 5.97 Å². The van der Waals surface area contributed by atoms with Gasteiger partial charge in [0, 0.05) is 6.07 Å². The molecule has 1 N–H and O–H groups in total. The molecular weight excluding hydrogens is 230 g/mol. The molecule has 18 heavy (non-hydrogen) atoms. The number of carboxylic acids is 1. The fraction of sp³-hybridized carbons (Fsp3) is 0.143. The lowest BCUT2D eigenvalue weighted by atomic mass is 10.2. The molecule has 0 saturated carbocycles. The van der Waals surface area contributed by atoms with E-state index in [1.165, 1.54) is 11.6 Å². The first-order chi connectivity index (χ1) is 8.69. The van der Waals surface area contributed by atoms with Crippen molar-refractivity contribution in [3.63, 3.8) is 0 Å². The highest BCUT2D eigenvalue weighted by Crippen LogP contribution is 2.20. The lowest BCUT2D eigenvalue weighted by Gasteiger charge is -2.05. The number of aromatic carboxylic acids is 1. The zero-order valence-electron chi connectivity index (χ0n) is 9.96. The Bertz CT molecular complexity index is 549. The van der Waals surface area contributed by atoms with E-state index in [0.29, 0.717) is 5.75 Å². The summed E-state index contributed by atoms with van der Waals surface area (Å²) in [5.74, 6) is -0.150. The number of aromatic nitrogens is 1. The molecule has 0 aliphatic carbocycles. The van der Waals surface area contributed by atoms with Gasteiger partial charge in [-0.2, -0.15) is 0 Å². The molecule has 0 radical (unpaired) electrons. The van der Waals surface area contributed by atoms with Crippen molar-refractivity contribution in [2.45, 2.75) is 13.3 Å². The van der Waals surface area contributed by atoms with Crippen LogP contribution in [0, 0.1) is 0 Å². The molecule has 4 nitrogen and oxygen atoms in total. The van der Waals surface area contributed by atoms with Crippen molar-refractivity contribution < 1.29 is 14.6 Å². The summed E-state index contributed by atoms with van der Waals surface area (Å²) >= 11 is 0. The normalized spacial score (nSPS) is 10.1. The lowest BCUT2D eigenvalue weighted by molar-refractivity contribution is 0.0689. The van der Waals surface area contributed by atoms with Gasteiger partial charge in [0.1, 0.15) is 5.75 Å². The van der Waals surface area contributed by atoms with Gasteiger partial charge in [0.15, 0.2) is 5.69 Å². The number of pyridine rings is 1. The van der Waals surface area contributed by atoms with Crippen LogP contribution in [-0.2, 0) is 6.42 Å². The Kier molecular flexibility index (Phi) is 3.57. The average Bonchev–Trinajstić information content (AvgIpc) is 2.40. The Morgan fingerprint density at radius 2 is 1.94 bits per heavy atom. The zero-order valence-corrected chi connectivity index (χ0v) is 9.96. The molecule has 0 bridgehead atoms. The minimum absolute atomic E-state index is 0.0299. The number of hydrogen-bond donors (Lipinski definition) is 1.